The SMILES string of the molecule is C[n+]1cc(-c2ccc(OC[C@H](O/N=C(\C(=O)NC3C(=O)N(OS(=O)(=O)O)C3(C)C)c3nc(N)sc3Cl)C(=O)O)cc2)ccc1NCCN. The number of halogens is 1. The van der Waals surface area contributed by atoms with Gasteiger partial charge in [-0.15, -0.1) is 4.28 Å². The van der Waals surface area contributed by atoms with Gasteiger partial charge in [0.1, 0.15) is 28.4 Å². The lowest BCUT2D eigenvalue weighted by Crippen LogP contribution is -2.76. The van der Waals surface area contributed by atoms with Gasteiger partial charge in [0.2, 0.25) is 0 Å². The third-order valence-electron chi connectivity index (χ3n) is 6.88. The van der Waals surface area contributed by atoms with Crippen molar-refractivity contribution in [2.45, 2.75) is 31.5 Å². The number of aromatic nitrogens is 2. The molecule has 4 rings (SSSR count). The van der Waals surface area contributed by atoms with Crippen LogP contribution in [0.5, 0.6) is 5.75 Å². The molecule has 21 heteroatoms. The van der Waals surface area contributed by atoms with Gasteiger partial charge in [0, 0.05) is 18.2 Å². The number of nitrogens with zero attached hydrogens (tertiary/aromatic N) is 4. The standard InChI is InChI=1S/C27H31ClN8O10S2/c1-27(2)21(24(38)36(27)46-48(41,42)43)33-23(37)20(19-22(28)47-26(30)32-19)34-45-17(25(39)40)13-44-16-7-4-14(5-8-16)15-6-9-18(31-11-10-29)35(3)12-15/h4-9,12,17,21H,10-11,13,29H2,1-3H3,(H5,30,32,33,37,39,40,41,42,43)/p+1/b34-20-/t17-,21?/m0/s1. The number of hydroxylamine groups is 2. The number of amides is 2. The second-order valence-corrected chi connectivity index (χ2v) is 13.3. The highest BCUT2D eigenvalue weighted by Crippen LogP contribution is 2.33. The molecule has 3 heterocycles. The fourth-order valence-electron chi connectivity index (χ4n) is 4.42. The van der Waals surface area contributed by atoms with Gasteiger partial charge < -0.3 is 31.5 Å². The number of nitrogens with one attached hydrogen (secondary N) is 2. The van der Waals surface area contributed by atoms with Crippen LogP contribution in [0.4, 0.5) is 10.9 Å². The molecule has 48 heavy (non-hydrogen) atoms. The number of anilines is 2. The summed E-state index contributed by atoms with van der Waals surface area (Å²) < 4.78 is 42.9. The highest BCUT2D eigenvalue weighted by atomic mass is 35.5. The zero-order chi connectivity index (χ0) is 35.4. The molecule has 18 nitrogen and oxygen atoms in total. The van der Waals surface area contributed by atoms with E-state index in [0.717, 1.165) is 28.3 Å². The lowest BCUT2D eigenvalue weighted by atomic mass is 9.84. The molecular weight excluding hydrogens is 696 g/mol. The van der Waals surface area contributed by atoms with E-state index in [9.17, 15) is 27.9 Å². The number of carbonyl (C=O) groups excluding carboxylic acids is 2. The van der Waals surface area contributed by atoms with Crippen LogP contribution < -0.4 is 31.4 Å². The van der Waals surface area contributed by atoms with Gasteiger partial charge in [0.25, 0.3) is 23.7 Å². The predicted molar refractivity (Wildman–Crippen MR) is 172 cm³/mol. The first-order valence-corrected chi connectivity index (χ1v) is 16.5. The predicted octanol–water partition coefficient (Wildman–Crippen LogP) is 0.334. The average Bonchev–Trinajstić information content (AvgIpc) is 3.35. The molecule has 1 aromatic carbocycles. The molecule has 0 radical (unpaired) electrons. The smallest absolute Gasteiger partial charge is 0.418 e. The molecular formula is C27H32ClN8O10S2+. The second kappa shape index (κ2) is 14.7. The number of aliphatic carboxylic acids is 1. The molecule has 1 aliphatic rings. The number of carboxylic acids is 1. The van der Waals surface area contributed by atoms with Crippen molar-refractivity contribution in [3.8, 4) is 16.9 Å². The van der Waals surface area contributed by atoms with Gasteiger partial charge in [-0.05, 0) is 37.6 Å². The van der Waals surface area contributed by atoms with Crippen LogP contribution in [-0.4, -0.2) is 89.0 Å². The Bertz CT molecular complexity index is 1840. The van der Waals surface area contributed by atoms with Gasteiger partial charge >= 0.3 is 16.4 Å². The summed E-state index contributed by atoms with van der Waals surface area (Å²) in [6.45, 7) is 3.27. The van der Waals surface area contributed by atoms with Crippen molar-refractivity contribution >= 4 is 67.8 Å². The number of nitrogen functional groups attached to an aromatic ring is 1. The van der Waals surface area contributed by atoms with E-state index in [0.29, 0.717) is 23.9 Å². The molecule has 0 saturated carbocycles. The van der Waals surface area contributed by atoms with E-state index in [1.165, 1.54) is 13.8 Å². The van der Waals surface area contributed by atoms with Crippen molar-refractivity contribution in [3.05, 3.63) is 52.6 Å². The van der Waals surface area contributed by atoms with E-state index in [2.05, 4.69) is 25.1 Å². The van der Waals surface area contributed by atoms with Crippen LogP contribution in [0.3, 0.4) is 0 Å². The Kier molecular flexibility index (Phi) is 11.1. The quantitative estimate of drug-likeness (QED) is 0.0405. The molecule has 1 unspecified atom stereocenters. The Morgan fingerprint density at radius 2 is 1.90 bits per heavy atom. The van der Waals surface area contributed by atoms with Crippen molar-refractivity contribution in [1.82, 2.24) is 15.4 Å². The first-order chi connectivity index (χ1) is 22.5. The number of hydrogen-bond donors (Lipinski definition) is 6. The Balaban J connectivity index is 1.47. The molecule has 0 spiro atoms. The lowest BCUT2D eigenvalue weighted by Gasteiger charge is -2.50. The Morgan fingerprint density at radius 3 is 2.44 bits per heavy atom. The second-order valence-electron chi connectivity index (χ2n) is 10.7. The number of oxime groups is 1. The highest BCUT2D eigenvalue weighted by Gasteiger charge is 2.58. The van der Waals surface area contributed by atoms with E-state index in [-0.39, 0.29) is 15.2 Å². The summed E-state index contributed by atoms with van der Waals surface area (Å²) in [7, 11) is -3.15. The van der Waals surface area contributed by atoms with Crippen LogP contribution in [0.25, 0.3) is 11.1 Å². The van der Waals surface area contributed by atoms with Crippen LogP contribution in [0.1, 0.15) is 19.5 Å². The lowest BCUT2D eigenvalue weighted by molar-refractivity contribution is -0.656. The van der Waals surface area contributed by atoms with Gasteiger partial charge in [-0.2, -0.15) is 13.5 Å². The normalized spacial score (nSPS) is 16.5. The van der Waals surface area contributed by atoms with E-state index in [1.807, 2.05) is 29.9 Å². The fraction of sp³-hybridized carbons (Fsp3) is 0.333. The van der Waals surface area contributed by atoms with Crippen molar-refractivity contribution in [3.63, 3.8) is 0 Å². The van der Waals surface area contributed by atoms with Crippen LogP contribution in [-0.2, 0) is 41.0 Å². The number of benzene rings is 1. The summed E-state index contributed by atoms with van der Waals surface area (Å²) in [6.07, 6.45) is 0.206. The van der Waals surface area contributed by atoms with Crippen LogP contribution >= 0.6 is 22.9 Å². The van der Waals surface area contributed by atoms with Crippen molar-refractivity contribution in [2.24, 2.45) is 17.9 Å². The Morgan fingerprint density at radius 1 is 1.23 bits per heavy atom. The molecule has 1 aliphatic heterocycles. The third kappa shape index (κ3) is 8.45. The van der Waals surface area contributed by atoms with E-state index in [1.54, 1.807) is 24.3 Å². The number of rotatable bonds is 15. The number of pyridine rings is 1. The molecule has 258 valence electrons. The maximum Gasteiger partial charge on any atom is 0.418 e. The van der Waals surface area contributed by atoms with Crippen molar-refractivity contribution in [2.75, 3.05) is 30.7 Å². The van der Waals surface area contributed by atoms with Crippen molar-refractivity contribution < 1.29 is 50.9 Å². The van der Waals surface area contributed by atoms with Crippen LogP contribution in [0, 0.1) is 0 Å². The summed E-state index contributed by atoms with van der Waals surface area (Å²) in [5.74, 6) is -2.40. The Hall–Kier alpha value is -4.60. The van der Waals surface area contributed by atoms with Crippen molar-refractivity contribution in [1.29, 1.82) is 0 Å². The maximum absolute atomic E-state index is 13.3. The molecule has 2 amide bonds. The number of carboxylic acid groups (broad SMARTS) is 1. The number of aryl methyl sites for hydroxylation is 1. The molecule has 3 aromatic rings. The topological polar surface area (TPSA) is 262 Å². The van der Waals surface area contributed by atoms with E-state index >= 15 is 0 Å². The summed E-state index contributed by atoms with van der Waals surface area (Å²) >= 11 is 6.97. The third-order valence-corrected chi connectivity index (χ3v) is 8.30. The minimum absolute atomic E-state index is 0.0576. The first-order valence-electron chi connectivity index (χ1n) is 13.9. The maximum atomic E-state index is 13.3. The number of β-lactam (4-membered cyclic amide) rings is 1. The zero-order valence-electron chi connectivity index (χ0n) is 25.6. The van der Waals surface area contributed by atoms with E-state index in [4.69, 9.17) is 37.2 Å². The minimum Gasteiger partial charge on any atom is -0.489 e. The monoisotopic (exact) mass is 727 g/mol. The van der Waals surface area contributed by atoms with Gasteiger partial charge in [-0.3, -0.25) is 19.5 Å². The van der Waals surface area contributed by atoms with Gasteiger partial charge in [-0.1, -0.05) is 40.2 Å². The molecule has 0 aliphatic carbocycles. The number of nitrogens with two attached hydrogens (primary N) is 2. The molecule has 1 saturated heterocycles. The number of ether oxygens (including phenoxy) is 1. The van der Waals surface area contributed by atoms with Crippen LogP contribution in [0.15, 0.2) is 47.8 Å². The first kappa shape index (κ1) is 36.2. The molecule has 0 bridgehead atoms. The summed E-state index contributed by atoms with van der Waals surface area (Å²) in [6, 6.07) is 9.33. The minimum atomic E-state index is -5.04. The summed E-state index contributed by atoms with van der Waals surface area (Å²) in [5.41, 5.74) is 10.7. The average molecular weight is 728 g/mol. The Labute approximate surface area is 283 Å². The molecule has 1 fully saturated rings. The molecule has 2 aromatic heterocycles. The summed E-state index contributed by atoms with van der Waals surface area (Å²) in [4.78, 5) is 47.0. The largest absolute Gasteiger partial charge is 0.489 e. The number of thiazole rings is 1. The highest BCUT2D eigenvalue weighted by molar-refractivity contribution is 7.80. The zero-order valence-corrected chi connectivity index (χ0v) is 28.0. The van der Waals surface area contributed by atoms with Gasteiger partial charge in [-0.25, -0.2) is 14.3 Å². The number of hydrogen-bond acceptors (Lipinski definition) is 14. The summed E-state index contributed by atoms with van der Waals surface area (Å²) in [5, 5.41) is 19.3. The molecule has 8 N–H and O–H groups in total. The molecule has 2 atom stereocenters. The fourth-order valence-corrected chi connectivity index (χ4v) is 5.80. The van der Waals surface area contributed by atoms with E-state index < -0.39 is 58.2 Å². The van der Waals surface area contributed by atoms with Gasteiger partial charge in [0.05, 0.1) is 25.3 Å². The number of carbonyl (C=O) groups is 3. The van der Waals surface area contributed by atoms with Crippen LogP contribution in [0.2, 0.25) is 4.34 Å². The van der Waals surface area contributed by atoms with Gasteiger partial charge in [0.15, 0.2) is 10.8 Å².